The van der Waals surface area contributed by atoms with Crippen molar-refractivity contribution in [3.8, 4) is 11.1 Å². The number of likely N-dealkylation sites (N-methyl/N-ethyl adjacent to an activating group) is 2. The van der Waals surface area contributed by atoms with Crippen molar-refractivity contribution >= 4 is 35.2 Å². The van der Waals surface area contributed by atoms with Gasteiger partial charge < -0.3 is 34.0 Å². The number of piperidine rings is 1. The second-order valence-corrected chi connectivity index (χ2v) is 14.4. The van der Waals surface area contributed by atoms with Gasteiger partial charge in [0, 0.05) is 104 Å². The molecule has 0 radical (unpaired) electrons. The molecule has 0 bridgehead atoms. The molecule has 12 heteroatoms. The molecule has 1 aliphatic rings. The topological polar surface area (TPSA) is 115 Å². The Labute approximate surface area is 327 Å². The SMILES string of the molecule is COCC(=O)N(C)CCCN(C)C(=O)c1ccc(N(C)CCCCCC(=O)N(C)CCN2CCC(OC(=O)Nc3ccccc3-c3ccccc3)CC2)cc1. The average molecular weight is 757 g/mol. The fourth-order valence-corrected chi connectivity index (χ4v) is 6.62. The Hall–Kier alpha value is -4.94. The number of unbranched alkanes of at least 4 members (excludes halogenated alkanes) is 2. The fourth-order valence-electron chi connectivity index (χ4n) is 6.62. The van der Waals surface area contributed by atoms with Gasteiger partial charge in [-0.3, -0.25) is 19.7 Å². The van der Waals surface area contributed by atoms with Gasteiger partial charge in [-0.05, 0) is 68.0 Å². The highest BCUT2D eigenvalue weighted by Gasteiger charge is 2.23. The molecule has 1 fully saturated rings. The van der Waals surface area contributed by atoms with E-state index in [-0.39, 0.29) is 30.4 Å². The molecule has 12 nitrogen and oxygen atoms in total. The molecule has 0 atom stereocenters. The number of amides is 4. The standard InChI is InChI=1S/C43H60N6O6/c1-45(36-22-20-35(21-23-36)42(52)48(4)28-14-27-46(2)41(51)33-54-5)26-13-7-10-19-40(50)47(3)31-32-49-29-24-37(25-30-49)55-43(53)44-39-18-12-11-17-38(39)34-15-8-6-9-16-34/h6,8-9,11-12,15-18,20-23,37H,7,10,13-14,19,24-33H2,1-5H3,(H,44,53). The molecular weight excluding hydrogens is 697 g/mol. The minimum Gasteiger partial charge on any atom is -0.446 e. The van der Waals surface area contributed by atoms with Gasteiger partial charge >= 0.3 is 6.09 Å². The lowest BCUT2D eigenvalue weighted by Crippen LogP contribution is -2.42. The highest BCUT2D eigenvalue weighted by Crippen LogP contribution is 2.28. The van der Waals surface area contributed by atoms with E-state index in [0.717, 1.165) is 80.8 Å². The summed E-state index contributed by atoms with van der Waals surface area (Å²) in [6.45, 7) is 5.13. The van der Waals surface area contributed by atoms with E-state index in [9.17, 15) is 19.2 Å². The molecule has 4 amide bonds. The molecule has 1 N–H and O–H groups in total. The van der Waals surface area contributed by atoms with Gasteiger partial charge in [0.1, 0.15) is 12.7 Å². The van der Waals surface area contributed by atoms with Crippen LogP contribution < -0.4 is 10.2 Å². The summed E-state index contributed by atoms with van der Waals surface area (Å²) in [6, 6.07) is 25.3. The summed E-state index contributed by atoms with van der Waals surface area (Å²) in [5.41, 5.74) is 4.38. The Bertz CT molecular complexity index is 1650. The molecule has 0 saturated carbocycles. The van der Waals surface area contributed by atoms with Crippen LogP contribution in [0.4, 0.5) is 16.2 Å². The molecule has 3 aromatic carbocycles. The summed E-state index contributed by atoms with van der Waals surface area (Å²) in [4.78, 5) is 60.0. The van der Waals surface area contributed by atoms with Crippen LogP contribution in [0.3, 0.4) is 0 Å². The van der Waals surface area contributed by atoms with Crippen LogP contribution in [-0.4, -0.2) is 137 Å². The van der Waals surface area contributed by atoms with Gasteiger partial charge in [0.25, 0.3) is 5.91 Å². The number of hydrogen-bond donors (Lipinski definition) is 1. The van der Waals surface area contributed by atoms with Gasteiger partial charge in [-0.1, -0.05) is 55.0 Å². The number of nitrogens with zero attached hydrogens (tertiary/aromatic N) is 5. The smallest absolute Gasteiger partial charge is 0.411 e. The molecular formula is C43H60N6O6. The van der Waals surface area contributed by atoms with Gasteiger partial charge in [-0.15, -0.1) is 0 Å². The first-order valence-corrected chi connectivity index (χ1v) is 19.4. The number of likely N-dealkylation sites (tertiary alicyclic amines) is 1. The van der Waals surface area contributed by atoms with Crippen LogP contribution in [0.5, 0.6) is 0 Å². The summed E-state index contributed by atoms with van der Waals surface area (Å²) >= 11 is 0. The number of carbonyl (C=O) groups excluding carboxylic acids is 4. The number of hydrogen-bond acceptors (Lipinski definition) is 8. The third-order valence-corrected chi connectivity index (χ3v) is 10.2. The van der Waals surface area contributed by atoms with Crippen LogP contribution in [0, 0.1) is 0 Å². The van der Waals surface area contributed by atoms with Gasteiger partial charge in [0.2, 0.25) is 11.8 Å². The van der Waals surface area contributed by atoms with Crippen LogP contribution in [0.2, 0.25) is 0 Å². The minimum absolute atomic E-state index is 0.0485. The van der Waals surface area contributed by atoms with Crippen molar-refractivity contribution in [2.75, 3.05) is 97.9 Å². The Kier molecular flexibility index (Phi) is 17.5. The van der Waals surface area contributed by atoms with Crippen LogP contribution in [0.15, 0.2) is 78.9 Å². The molecule has 0 spiro atoms. The van der Waals surface area contributed by atoms with Crippen molar-refractivity contribution in [2.45, 2.75) is 51.0 Å². The number of para-hydroxylation sites is 1. The molecule has 1 heterocycles. The van der Waals surface area contributed by atoms with Gasteiger partial charge in [0.15, 0.2) is 0 Å². The number of rotatable bonds is 20. The Morgan fingerprint density at radius 3 is 2.07 bits per heavy atom. The van der Waals surface area contributed by atoms with E-state index in [0.29, 0.717) is 38.0 Å². The molecule has 298 valence electrons. The van der Waals surface area contributed by atoms with Crippen LogP contribution in [-0.2, 0) is 19.1 Å². The summed E-state index contributed by atoms with van der Waals surface area (Å²) in [5.74, 6) is 0.0370. The van der Waals surface area contributed by atoms with E-state index in [2.05, 4.69) is 15.1 Å². The van der Waals surface area contributed by atoms with Gasteiger partial charge in [0.05, 0.1) is 5.69 Å². The zero-order valence-electron chi connectivity index (χ0n) is 33.4. The monoisotopic (exact) mass is 756 g/mol. The van der Waals surface area contributed by atoms with Crippen molar-refractivity contribution < 1.29 is 28.7 Å². The van der Waals surface area contributed by atoms with Crippen LogP contribution in [0.1, 0.15) is 55.3 Å². The second kappa shape index (κ2) is 22.4. The summed E-state index contributed by atoms with van der Waals surface area (Å²) in [5, 5.41) is 2.93. The first kappa shape index (κ1) is 42.8. The summed E-state index contributed by atoms with van der Waals surface area (Å²) < 4.78 is 10.7. The first-order valence-electron chi connectivity index (χ1n) is 19.4. The largest absolute Gasteiger partial charge is 0.446 e. The second-order valence-electron chi connectivity index (χ2n) is 14.4. The highest BCUT2D eigenvalue weighted by atomic mass is 16.6. The molecule has 0 aromatic heterocycles. The molecule has 0 unspecified atom stereocenters. The number of nitrogens with one attached hydrogen (secondary N) is 1. The fraction of sp³-hybridized carbons (Fsp3) is 0.488. The van der Waals surface area contributed by atoms with E-state index >= 15 is 0 Å². The average Bonchev–Trinajstić information content (AvgIpc) is 3.20. The lowest BCUT2D eigenvalue weighted by Gasteiger charge is -2.32. The molecule has 4 rings (SSSR count). The lowest BCUT2D eigenvalue weighted by atomic mass is 10.0. The maximum absolute atomic E-state index is 12.9. The number of carbonyl (C=O) groups is 4. The quantitative estimate of drug-likeness (QED) is 0.138. The Balaban J connectivity index is 1.05. The normalized spacial score (nSPS) is 13.2. The molecule has 1 aliphatic heterocycles. The predicted molar refractivity (Wildman–Crippen MR) is 218 cm³/mol. The van der Waals surface area contributed by atoms with E-state index in [1.54, 1.807) is 23.9 Å². The summed E-state index contributed by atoms with van der Waals surface area (Å²) in [6.07, 6.45) is 4.93. The zero-order valence-corrected chi connectivity index (χ0v) is 33.4. The van der Waals surface area contributed by atoms with E-state index in [4.69, 9.17) is 9.47 Å². The summed E-state index contributed by atoms with van der Waals surface area (Å²) in [7, 11) is 8.93. The van der Waals surface area contributed by atoms with Crippen molar-refractivity contribution in [2.24, 2.45) is 0 Å². The molecule has 0 aliphatic carbocycles. The van der Waals surface area contributed by atoms with Crippen LogP contribution in [0.25, 0.3) is 11.1 Å². The Morgan fingerprint density at radius 2 is 1.36 bits per heavy atom. The van der Waals surface area contributed by atoms with E-state index < -0.39 is 6.09 Å². The number of ether oxygens (including phenoxy) is 2. The third-order valence-electron chi connectivity index (χ3n) is 10.2. The van der Waals surface area contributed by atoms with Crippen molar-refractivity contribution in [1.29, 1.82) is 0 Å². The highest BCUT2D eigenvalue weighted by molar-refractivity contribution is 5.94. The minimum atomic E-state index is -0.434. The van der Waals surface area contributed by atoms with Crippen LogP contribution >= 0.6 is 0 Å². The molecule has 1 saturated heterocycles. The van der Waals surface area contributed by atoms with Crippen molar-refractivity contribution in [3.63, 3.8) is 0 Å². The number of benzene rings is 3. The number of anilines is 2. The molecule has 3 aromatic rings. The third kappa shape index (κ3) is 14.0. The maximum Gasteiger partial charge on any atom is 0.411 e. The van der Waals surface area contributed by atoms with Gasteiger partial charge in [-0.2, -0.15) is 0 Å². The van der Waals surface area contributed by atoms with Crippen molar-refractivity contribution in [1.82, 2.24) is 19.6 Å². The maximum atomic E-state index is 12.9. The zero-order chi connectivity index (χ0) is 39.6. The van der Waals surface area contributed by atoms with E-state index in [1.165, 1.54) is 7.11 Å². The molecule has 55 heavy (non-hydrogen) atoms. The lowest BCUT2D eigenvalue weighted by molar-refractivity contribution is -0.134. The van der Waals surface area contributed by atoms with E-state index in [1.807, 2.05) is 97.9 Å². The predicted octanol–water partition coefficient (Wildman–Crippen LogP) is 6.09. The van der Waals surface area contributed by atoms with Crippen molar-refractivity contribution in [3.05, 3.63) is 84.4 Å². The van der Waals surface area contributed by atoms with Gasteiger partial charge in [-0.25, -0.2) is 4.79 Å². The number of methoxy groups -OCH3 is 1. The first-order chi connectivity index (χ1) is 26.5. The Morgan fingerprint density at radius 1 is 0.709 bits per heavy atom.